The lowest BCUT2D eigenvalue weighted by molar-refractivity contribution is 0.0546. The van der Waals surface area contributed by atoms with Crippen LogP contribution in [0.5, 0.6) is 11.5 Å². The first kappa shape index (κ1) is 20.3. The highest BCUT2D eigenvalue weighted by atomic mass is 16.5. The van der Waals surface area contributed by atoms with Crippen molar-refractivity contribution in [2.24, 2.45) is 0 Å². The number of esters is 1. The van der Waals surface area contributed by atoms with Gasteiger partial charge in [-0.2, -0.15) is 0 Å². The number of ether oxygens (including phenoxy) is 1. The van der Waals surface area contributed by atoms with Crippen LogP contribution in [0, 0.1) is 0 Å². The molecule has 0 unspecified atom stereocenters. The number of aromatic hydroxyl groups is 2. The molecule has 0 heterocycles. The average Bonchev–Trinajstić information content (AvgIpc) is 2.61. The molecule has 0 aliphatic carbocycles. The number of rotatable bonds is 7. The minimum Gasteiger partial charge on any atom is -0.508 e. The van der Waals surface area contributed by atoms with E-state index in [-0.39, 0.29) is 23.7 Å². The topological polar surface area (TPSA) is 66.8 Å². The van der Waals surface area contributed by atoms with Crippen molar-refractivity contribution in [3.05, 3.63) is 71.3 Å². The van der Waals surface area contributed by atoms with Crippen molar-refractivity contribution in [1.29, 1.82) is 0 Å². The molecule has 0 fully saturated rings. The van der Waals surface area contributed by atoms with Gasteiger partial charge in [-0.1, -0.05) is 47.6 Å². The first-order valence-corrected chi connectivity index (χ1v) is 8.96. The molecule has 4 heteroatoms. The zero-order valence-corrected chi connectivity index (χ0v) is 16.0. The second-order valence-electron chi connectivity index (χ2n) is 6.72. The third-order valence-corrected chi connectivity index (χ3v) is 4.13. The molecule has 27 heavy (non-hydrogen) atoms. The molecule has 0 atom stereocenters. The Morgan fingerprint density at radius 2 is 1.74 bits per heavy atom. The maximum absolute atomic E-state index is 12.6. The van der Waals surface area contributed by atoms with Crippen molar-refractivity contribution in [1.82, 2.24) is 0 Å². The monoisotopic (exact) mass is 366 g/mol. The largest absolute Gasteiger partial charge is 0.508 e. The van der Waals surface area contributed by atoms with E-state index in [0.717, 1.165) is 24.5 Å². The highest BCUT2D eigenvalue weighted by Gasteiger charge is 2.20. The molecule has 0 amide bonds. The fraction of sp³-hybridized carbons (Fsp3) is 0.261. The van der Waals surface area contributed by atoms with Gasteiger partial charge in [-0.15, -0.1) is 0 Å². The van der Waals surface area contributed by atoms with Crippen LogP contribution >= 0.6 is 0 Å². The van der Waals surface area contributed by atoms with E-state index in [9.17, 15) is 15.0 Å². The SMILES string of the molecule is CC(C)=CCCC(C)=CCOC(=O)c1c(O)cc(O)cc1-c1ccccc1. The third kappa shape index (κ3) is 6.03. The summed E-state index contributed by atoms with van der Waals surface area (Å²) in [6, 6.07) is 11.7. The lowest BCUT2D eigenvalue weighted by Gasteiger charge is -2.12. The number of allylic oxidation sites excluding steroid dienone is 3. The maximum atomic E-state index is 12.6. The summed E-state index contributed by atoms with van der Waals surface area (Å²) in [5.74, 6) is -1.04. The molecular formula is C23H26O4. The first-order valence-electron chi connectivity index (χ1n) is 8.96. The summed E-state index contributed by atoms with van der Waals surface area (Å²) in [7, 11) is 0. The molecule has 0 bridgehead atoms. The minimum atomic E-state index is -0.625. The summed E-state index contributed by atoms with van der Waals surface area (Å²) in [5.41, 5.74) is 3.62. The normalized spacial score (nSPS) is 11.1. The summed E-state index contributed by atoms with van der Waals surface area (Å²) < 4.78 is 5.34. The van der Waals surface area contributed by atoms with Crippen LogP contribution in [0.25, 0.3) is 11.1 Å². The Morgan fingerprint density at radius 3 is 2.41 bits per heavy atom. The standard InChI is InChI=1S/C23H26O4/c1-16(2)8-7-9-17(3)12-13-27-23(26)22-20(14-19(24)15-21(22)25)18-10-5-4-6-11-18/h4-6,8,10-12,14-15,24-25H,7,9,13H2,1-3H3. The Labute approximate surface area is 160 Å². The van der Waals surface area contributed by atoms with Gasteiger partial charge in [0.1, 0.15) is 23.7 Å². The van der Waals surface area contributed by atoms with Crippen molar-refractivity contribution >= 4 is 5.97 Å². The van der Waals surface area contributed by atoms with Gasteiger partial charge in [0.2, 0.25) is 0 Å². The highest BCUT2D eigenvalue weighted by Crippen LogP contribution is 2.34. The molecule has 142 valence electrons. The van der Waals surface area contributed by atoms with E-state index in [0.29, 0.717) is 11.1 Å². The van der Waals surface area contributed by atoms with Gasteiger partial charge in [0.15, 0.2) is 0 Å². The fourth-order valence-corrected chi connectivity index (χ4v) is 2.69. The number of hydrogen-bond acceptors (Lipinski definition) is 4. The van der Waals surface area contributed by atoms with E-state index in [1.807, 2.05) is 31.2 Å². The van der Waals surface area contributed by atoms with Crippen LogP contribution in [-0.4, -0.2) is 22.8 Å². The summed E-state index contributed by atoms with van der Waals surface area (Å²) in [6.45, 7) is 6.26. The van der Waals surface area contributed by atoms with Crippen LogP contribution in [-0.2, 0) is 4.74 Å². The van der Waals surface area contributed by atoms with Crippen molar-refractivity contribution in [2.75, 3.05) is 6.61 Å². The molecule has 0 aromatic heterocycles. The molecule has 0 aliphatic rings. The number of hydrogen-bond donors (Lipinski definition) is 2. The molecule has 2 aromatic carbocycles. The lowest BCUT2D eigenvalue weighted by atomic mass is 9.98. The molecule has 0 saturated carbocycles. The van der Waals surface area contributed by atoms with Gasteiger partial charge < -0.3 is 14.9 Å². The van der Waals surface area contributed by atoms with Gasteiger partial charge >= 0.3 is 5.97 Å². The van der Waals surface area contributed by atoms with Crippen LogP contribution in [0.1, 0.15) is 44.0 Å². The Bertz CT molecular complexity index is 844. The van der Waals surface area contributed by atoms with Crippen molar-refractivity contribution in [2.45, 2.75) is 33.6 Å². The maximum Gasteiger partial charge on any atom is 0.342 e. The van der Waals surface area contributed by atoms with Crippen LogP contribution in [0.15, 0.2) is 65.8 Å². The third-order valence-electron chi connectivity index (χ3n) is 4.13. The number of benzene rings is 2. The van der Waals surface area contributed by atoms with Crippen molar-refractivity contribution in [3.63, 3.8) is 0 Å². The predicted molar refractivity (Wildman–Crippen MR) is 108 cm³/mol. The zero-order chi connectivity index (χ0) is 19.8. The average molecular weight is 366 g/mol. The van der Waals surface area contributed by atoms with E-state index >= 15 is 0 Å². The van der Waals surface area contributed by atoms with Crippen LogP contribution in [0.2, 0.25) is 0 Å². The quantitative estimate of drug-likeness (QED) is 0.493. The highest BCUT2D eigenvalue weighted by molar-refractivity contribution is 6.00. The second-order valence-corrected chi connectivity index (χ2v) is 6.72. The van der Waals surface area contributed by atoms with Gasteiger partial charge in [-0.05, 0) is 51.3 Å². The second kappa shape index (κ2) is 9.62. The van der Waals surface area contributed by atoms with Gasteiger partial charge in [0.05, 0.1) is 0 Å². The van der Waals surface area contributed by atoms with E-state index < -0.39 is 5.97 Å². The number of carbonyl (C=O) groups is 1. The molecule has 0 aliphatic heterocycles. The van der Waals surface area contributed by atoms with Gasteiger partial charge in [0.25, 0.3) is 0 Å². The summed E-state index contributed by atoms with van der Waals surface area (Å²) in [4.78, 5) is 12.6. The van der Waals surface area contributed by atoms with Gasteiger partial charge in [-0.25, -0.2) is 4.79 Å². The van der Waals surface area contributed by atoms with E-state index in [1.165, 1.54) is 11.6 Å². The molecule has 4 nitrogen and oxygen atoms in total. The smallest absolute Gasteiger partial charge is 0.342 e. The molecule has 0 radical (unpaired) electrons. The predicted octanol–water partition coefficient (Wildman–Crippen LogP) is 5.61. The number of carbonyl (C=O) groups excluding carboxylic acids is 1. The Morgan fingerprint density at radius 1 is 1.04 bits per heavy atom. The van der Waals surface area contributed by atoms with E-state index in [2.05, 4.69) is 19.9 Å². The molecule has 2 N–H and O–H groups in total. The molecule has 0 spiro atoms. The molecular weight excluding hydrogens is 340 g/mol. The Balaban J connectivity index is 2.14. The Hall–Kier alpha value is -3.01. The van der Waals surface area contributed by atoms with E-state index in [1.54, 1.807) is 12.1 Å². The van der Waals surface area contributed by atoms with Gasteiger partial charge in [-0.3, -0.25) is 0 Å². The minimum absolute atomic E-state index is 0.0506. The summed E-state index contributed by atoms with van der Waals surface area (Å²) >= 11 is 0. The fourth-order valence-electron chi connectivity index (χ4n) is 2.69. The molecule has 0 saturated heterocycles. The van der Waals surface area contributed by atoms with Crippen LogP contribution < -0.4 is 0 Å². The van der Waals surface area contributed by atoms with Crippen molar-refractivity contribution < 1.29 is 19.7 Å². The summed E-state index contributed by atoms with van der Waals surface area (Å²) in [5, 5.41) is 20.0. The van der Waals surface area contributed by atoms with Crippen molar-refractivity contribution in [3.8, 4) is 22.6 Å². The number of phenolic OH excluding ortho intramolecular Hbond substituents is 2. The first-order chi connectivity index (χ1) is 12.9. The zero-order valence-electron chi connectivity index (χ0n) is 16.0. The number of phenols is 2. The van der Waals surface area contributed by atoms with Crippen LogP contribution in [0.3, 0.4) is 0 Å². The van der Waals surface area contributed by atoms with Gasteiger partial charge in [0, 0.05) is 11.6 Å². The molecule has 2 aromatic rings. The Kier molecular flexibility index (Phi) is 7.24. The van der Waals surface area contributed by atoms with E-state index in [4.69, 9.17) is 4.74 Å². The summed E-state index contributed by atoms with van der Waals surface area (Å²) in [6.07, 6.45) is 5.90. The lowest BCUT2D eigenvalue weighted by Crippen LogP contribution is -2.08. The van der Waals surface area contributed by atoms with Crippen LogP contribution in [0.4, 0.5) is 0 Å². The molecule has 2 rings (SSSR count).